The van der Waals surface area contributed by atoms with Gasteiger partial charge in [-0.2, -0.15) is 0 Å². The predicted octanol–water partition coefficient (Wildman–Crippen LogP) is 0.628. The van der Waals surface area contributed by atoms with Crippen LogP contribution in [0.15, 0.2) is 66.7 Å². The first-order valence-corrected chi connectivity index (χ1v) is 34.7. The number of hydrogen-bond acceptors (Lipinski definition) is 20. The van der Waals surface area contributed by atoms with Crippen LogP contribution in [-0.2, 0) is 84.7 Å². The van der Waals surface area contributed by atoms with Gasteiger partial charge in [-0.05, 0) is 72.6 Å². The van der Waals surface area contributed by atoms with Gasteiger partial charge in [0.25, 0.3) is 11.8 Å². The number of benzene rings is 2. The molecule has 11 amide bonds. The average molecular weight is 1440 g/mol. The third kappa shape index (κ3) is 22.8. The van der Waals surface area contributed by atoms with E-state index >= 15 is 0 Å². The van der Waals surface area contributed by atoms with E-state index in [1.165, 1.54) is 38.3 Å². The normalized spacial score (nSPS) is 21.2. The Morgan fingerprint density at radius 1 is 0.686 bits per heavy atom. The number of carboxylic acids is 1. The maximum absolute atomic E-state index is 14.9. The van der Waals surface area contributed by atoms with Crippen molar-refractivity contribution in [1.29, 1.82) is 0 Å². The lowest BCUT2D eigenvalue weighted by Crippen LogP contribution is -2.60. The average Bonchev–Trinajstić information content (AvgIpc) is 1.11. The van der Waals surface area contributed by atoms with Crippen molar-refractivity contribution in [2.75, 3.05) is 66.5 Å². The number of ether oxygens (including phenoxy) is 4. The fourth-order valence-corrected chi connectivity index (χ4v) is 13.0. The lowest BCUT2D eigenvalue weighted by molar-refractivity contribution is -0.186. The minimum Gasteiger partial charge on any atom is -0.481 e. The Morgan fingerprint density at radius 2 is 1.31 bits per heavy atom. The summed E-state index contributed by atoms with van der Waals surface area (Å²) in [7, 11) is 5.89. The molecule has 2 heterocycles. The van der Waals surface area contributed by atoms with Crippen molar-refractivity contribution < 1.29 is 102 Å². The van der Waals surface area contributed by atoms with E-state index in [1.807, 2.05) is 32.0 Å². The lowest BCUT2D eigenvalue weighted by Gasteiger charge is -2.41. The number of nitrogens with one attached hydrogen (secondary N) is 6. The second-order valence-electron chi connectivity index (χ2n) is 27.4. The SMILES string of the molecule is CC[C@H](C)[C@@H]([C@@H](CC(=O)N1CCC[C@H]1[C@H](OC)[C@@H](C)C(=O)N[C@@H](Cc1ccccc1)C(=O)NCCCO[C@@H]1C[C@H](C(=O)O)[C@@H](O)[C@H](O)[C@H]1O)OC)N(C)C(=O)[C@@H](NC(=O)[C@H](C(C)C)N(C)C(=O)OCc1ccc(NC(=O)[C@H](CO)NC(=O)[C@@H](NC(=O)CN2C(=O)C=CC2=O)C(C)C)cc1)C(C)C. The Morgan fingerprint density at radius 3 is 1.88 bits per heavy atom. The minimum atomic E-state index is -1.73. The van der Waals surface area contributed by atoms with E-state index in [9.17, 15) is 83.1 Å². The zero-order valence-corrected chi connectivity index (χ0v) is 60.6. The van der Waals surface area contributed by atoms with Gasteiger partial charge < -0.3 is 86.2 Å². The van der Waals surface area contributed by atoms with Gasteiger partial charge in [-0.15, -0.1) is 0 Å². The largest absolute Gasteiger partial charge is 0.481 e. The number of carboxylic acid groups (broad SMARTS) is 1. The topological polar surface area (TPSA) is 428 Å². The molecule has 2 aromatic carbocycles. The molecular formula is C71H106N10O21. The van der Waals surface area contributed by atoms with Crippen molar-refractivity contribution in [3.05, 3.63) is 77.9 Å². The number of likely N-dealkylation sites (tertiary alicyclic amines) is 1. The van der Waals surface area contributed by atoms with E-state index in [0.29, 0.717) is 36.3 Å². The Kier molecular flexibility index (Phi) is 32.9. The molecule has 11 N–H and O–H groups in total. The standard InChI is InChI=1S/C71H106N10O21/c1-14-41(8)59(50(99-12)34-55(86)80-30-18-22-49(80)63(100-13)42(9)64(90)74-47(32-43-20-16-15-17-21-43)65(91)72-29-19-31-101-51-33-46(70(96)97)60(87)62(89)61(51)88)78(10)69(95)57(39(4)5)77-68(94)58(40(6)7)79(11)71(98)102-37-44-23-25-45(26-24-44)73-66(92)48(36-82)75-67(93)56(38(2)3)76-52(83)35-81-53(84)27-28-54(81)85/h15-17,20-21,23-28,38-42,46-51,56-63,82,87-89H,14,18-19,22,29-37H2,1-13H3,(H,72,91)(H,73,92)(H,74,90)(H,75,93)(H,76,83)(H,77,94)(H,96,97)/t41-,42+,46-,47-,48-,49-,50+,51+,56-,57-,58-,59-,60+,61-,62-,63+/m0/s1. The van der Waals surface area contributed by atoms with Gasteiger partial charge in [0.2, 0.25) is 47.3 Å². The van der Waals surface area contributed by atoms with Gasteiger partial charge in [0.1, 0.15) is 55.6 Å². The molecule has 1 saturated heterocycles. The summed E-state index contributed by atoms with van der Waals surface area (Å²) in [4.78, 5) is 166. The number of carbonyl (C=O) groups excluding carboxylic acids is 11. The molecule has 2 fully saturated rings. The van der Waals surface area contributed by atoms with Crippen molar-refractivity contribution in [2.24, 2.45) is 35.5 Å². The van der Waals surface area contributed by atoms with Crippen molar-refractivity contribution in [2.45, 2.75) is 193 Å². The number of anilines is 1. The third-order valence-corrected chi connectivity index (χ3v) is 19.1. The molecule has 0 spiro atoms. The number of aliphatic hydroxyl groups excluding tert-OH is 4. The first kappa shape index (κ1) is 84.2. The molecule has 1 saturated carbocycles. The monoisotopic (exact) mass is 1430 g/mol. The summed E-state index contributed by atoms with van der Waals surface area (Å²) in [6.45, 7) is 14.4. The maximum atomic E-state index is 14.9. The Bertz CT molecular complexity index is 3210. The Hall–Kier alpha value is -8.46. The second-order valence-corrected chi connectivity index (χ2v) is 27.4. The summed E-state index contributed by atoms with van der Waals surface area (Å²) in [5, 5.41) is 66.5. The van der Waals surface area contributed by atoms with Crippen LogP contribution < -0.4 is 31.9 Å². The number of imide groups is 1. The van der Waals surface area contributed by atoms with Crippen LogP contribution in [-0.4, -0.2) is 256 Å². The molecule has 16 atom stereocenters. The van der Waals surface area contributed by atoms with Gasteiger partial charge >= 0.3 is 12.1 Å². The van der Waals surface area contributed by atoms with Gasteiger partial charge in [0.15, 0.2) is 0 Å². The van der Waals surface area contributed by atoms with E-state index < -0.39 is 187 Å². The van der Waals surface area contributed by atoms with Crippen molar-refractivity contribution in [3.8, 4) is 0 Å². The highest BCUT2D eigenvalue weighted by molar-refractivity contribution is 6.14. The molecule has 2 aromatic rings. The van der Waals surface area contributed by atoms with Crippen LogP contribution in [0.1, 0.15) is 112 Å². The number of amides is 11. The third-order valence-electron chi connectivity index (χ3n) is 19.1. The van der Waals surface area contributed by atoms with Gasteiger partial charge in [0, 0.05) is 72.3 Å². The van der Waals surface area contributed by atoms with Crippen molar-refractivity contribution >= 4 is 76.8 Å². The van der Waals surface area contributed by atoms with Gasteiger partial charge in [-0.25, -0.2) is 4.79 Å². The molecule has 0 radical (unpaired) electrons. The first-order chi connectivity index (χ1) is 48.2. The zero-order chi connectivity index (χ0) is 76.0. The van der Waals surface area contributed by atoms with Crippen molar-refractivity contribution in [1.82, 2.24) is 46.2 Å². The van der Waals surface area contributed by atoms with E-state index in [2.05, 4.69) is 31.9 Å². The Labute approximate surface area is 595 Å². The van der Waals surface area contributed by atoms with Gasteiger partial charge in [-0.3, -0.25) is 62.5 Å². The fraction of sp³-hybridized carbons (Fsp3) is 0.634. The highest BCUT2D eigenvalue weighted by Gasteiger charge is 2.48. The van der Waals surface area contributed by atoms with Crippen LogP contribution in [0.25, 0.3) is 0 Å². The van der Waals surface area contributed by atoms with Crippen LogP contribution in [0, 0.1) is 35.5 Å². The van der Waals surface area contributed by atoms with Crippen LogP contribution in [0.3, 0.4) is 0 Å². The number of aliphatic carboxylic acids is 1. The molecular weight excluding hydrogens is 1330 g/mol. The molecule has 31 heteroatoms. The Balaban J connectivity index is 1.18. The summed E-state index contributed by atoms with van der Waals surface area (Å²) in [5.41, 5.74) is 1.48. The van der Waals surface area contributed by atoms with Crippen molar-refractivity contribution in [3.63, 3.8) is 0 Å². The summed E-state index contributed by atoms with van der Waals surface area (Å²) >= 11 is 0. The molecule has 0 aromatic heterocycles. The van der Waals surface area contributed by atoms with Crippen LogP contribution in [0.5, 0.6) is 0 Å². The number of aliphatic hydroxyl groups is 4. The lowest BCUT2D eigenvalue weighted by atomic mass is 9.81. The second kappa shape index (κ2) is 39.8. The number of nitrogens with zero attached hydrogens (tertiary/aromatic N) is 4. The minimum absolute atomic E-state index is 0.0388. The van der Waals surface area contributed by atoms with Crippen LogP contribution in [0.2, 0.25) is 0 Å². The summed E-state index contributed by atoms with van der Waals surface area (Å²) in [6, 6.07) is 7.87. The summed E-state index contributed by atoms with van der Waals surface area (Å²) in [6.07, 6.45) is -4.99. The highest BCUT2D eigenvalue weighted by Crippen LogP contribution is 2.32. The molecule has 5 rings (SSSR count). The number of methoxy groups -OCH3 is 2. The zero-order valence-electron chi connectivity index (χ0n) is 60.6. The molecule has 2 aliphatic heterocycles. The van der Waals surface area contributed by atoms with E-state index in [4.69, 9.17) is 18.9 Å². The fourth-order valence-electron chi connectivity index (χ4n) is 13.0. The summed E-state index contributed by atoms with van der Waals surface area (Å²) < 4.78 is 23.5. The number of rotatable bonds is 38. The molecule has 3 aliphatic rings. The number of carbonyl (C=O) groups is 12. The van der Waals surface area contributed by atoms with E-state index in [-0.39, 0.29) is 63.0 Å². The quantitative estimate of drug-likeness (QED) is 0.0324. The summed E-state index contributed by atoms with van der Waals surface area (Å²) in [5.74, 6) is -11.5. The molecule has 31 nitrogen and oxygen atoms in total. The molecule has 566 valence electrons. The number of hydrogen-bond donors (Lipinski definition) is 11. The molecule has 0 bridgehead atoms. The van der Waals surface area contributed by atoms with E-state index in [0.717, 1.165) is 22.6 Å². The first-order valence-electron chi connectivity index (χ1n) is 34.7. The smallest absolute Gasteiger partial charge is 0.410 e. The van der Waals surface area contributed by atoms with Gasteiger partial charge in [0.05, 0.1) is 61.4 Å². The molecule has 0 unspecified atom stereocenters. The predicted molar refractivity (Wildman–Crippen MR) is 369 cm³/mol. The van der Waals surface area contributed by atoms with Gasteiger partial charge in [-0.1, -0.05) is 111 Å². The van der Waals surface area contributed by atoms with Crippen LogP contribution >= 0.6 is 0 Å². The number of likely N-dealkylation sites (N-methyl/N-ethyl adjacent to an activating group) is 2. The molecule has 102 heavy (non-hydrogen) atoms. The molecule has 1 aliphatic carbocycles. The maximum Gasteiger partial charge on any atom is 0.410 e. The highest BCUT2D eigenvalue weighted by atomic mass is 16.6. The van der Waals surface area contributed by atoms with E-state index in [1.54, 1.807) is 84.7 Å². The van der Waals surface area contributed by atoms with Crippen LogP contribution in [0.4, 0.5) is 10.5 Å².